The molecule has 2 heterocycles. The van der Waals surface area contributed by atoms with Crippen LogP contribution in [0.2, 0.25) is 0 Å². The zero-order chi connectivity index (χ0) is 15.4. The van der Waals surface area contributed by atoms with Gasteiger partial charge in [-0.05, 0) is 18.6 Å². The van der Waals surface area contributed by atoms with Crippen LogP contribution in [0.15, 0.2) is 43.0 Å². The van der Waals surface area contributed by atoms with E-state index in [9.17, 15) is 4.79 Å². The molecule has 0 saturated heterocycles. The maximum absolute atomic E-state index is 12.3. The normalized spacial score (nSPS) is 12.4. The second kappa shape index (κ2) is 6.70. The van der Waals surface area contributed by atoms with Gasteiger partial charge in [0.2, 0.25) is 5.91 Å². The first-order valence-electron chi connectivity index (χ1n) is 7.39. The van der Waals surface area contributed by atoms with Crippen LogP contribution in [0.3, 0.4) is 0 Å². The largest absolute Gasteiger partial charge is 0.334 e. The first-order valence-corrected chi connectivity index (χ1v) is 8.20. The van der Waals surface area contributed by atoms with E-state index in [0.717, 1.165) is 23.1 Å². The van der Waals surface area contributed by atoms with Crippen molar-refractivity contribution in [2.45, 2.75) is 32.2 Å². The van der Waals surface area contributed by atoms with E-state index in [2.05, 4.69) is 22.2 Å². The van der Waals surface area contributed by atoms with E-state index in [1.54, 1.807) is 12.5 Å². The monoisotopic (exact) mass is 314 g/mol. The van der Waals surface area contributed by atoms with Crippen molar-refractivity contribution < 1.29 is 4.79 Å². The van der Waals surface area contributed by atoms with Gasteiger partial charge in [-0.3, -0.25) is 4.79 Å². The fourth-order valence-electron chi connectivity index (χ4n) is 2.49. The third-order valence-corrected chi connectivity index (χ3v) is 4.48. The number of nitrogens with one attached hydrogen (secondary N) is 1. The molecule has 0 aliphatic heterocycles. The molecule has 114 valence electrons. The number of hydrogen-bond acceptors (Lipinski definition) is 4. The zero-order valence-electron chi connectivity index (χ0n) is 12.4. The minimum absolute atomic E-state index is 0.00814. The molecule has 1 aromatic carbocycles. The van der Waals surface area contributed by atoms with Crippen molar-refractivity contribution >= 4 is 32.6 Å². The number of benzene rings is 1. The number of fused-ring (bicyclic) bond motifs is 1. The Hall–Kier alpha value is -2.21. The molecule has 1 amide bonds. The quantitative estimate of drug-likeness (QED) is 0.751. The Bertz CT molecular complexity index is 717. The molecule has 1 N–H and O–H groups in total. The SMILES string of the molecule is CCC[C@H](CC(=O)Nc1nc2ccccc2s1)n1ccnc1. The molecule has 3 rings (SSSR count). The molecule has 5 nitrogen and oxygen atoms in total. The molecule has 0 unspecified atom stereocenters. The molecule has 22 heavy (non-hydrogen) atoms. The number of imidazole rings is 1. The second-order valence-electron chi connectivity index (χ2n) is 5.19. The summed E-state index contributed by atoms with van der Waals surface area (Å²) in [5, 5.41) is 3.58. The van der Waals surface area contributed by atoms with Crippen LogP contribution >= 0.6 is 11.3 Å². The van der Waals surface area contributed by atoms with Crippen LogP contribution < -0.4 is 5.32 Å². The summed E-state index contributed by atoms with van der Waals surface area (Å²) in [6, 6.07) is 8.02. The van der Waals surface area contributed by atoms with Crippen molar-refractivity contribution in [3.05, 3.63) is 43.0 Å². The van der Waals surface area contributed by atoms with Crippen molar-refractivity contribution in [2.24, 2.45) is 0 Å². The van der Waals surface area contributed by atoms with Crippen LogP contribution in [0.4, 0.5) is 5.13 Å². The highest BCUT2D eigenvalue weighted by Gasteiger charge is 2.16. The minimum atomic E-state index is -0.00814. The number of carbonyl (C=O) groups is 1. The highest BCUT2D eigenvalue weighted by molar-refractivity contribution is 7.22. The molecular formula is C16H18N4OS. The molecule has 0 radical (unpaired) electrons. The number of nitrogens with zero attached hydrogens (tertiary/aromatic N) is 3. The number of para-hydroxylation sites is 1. The van der Waals surface area contributed by atoms with Gasteiger partial charge in [0.25, 0.3) is 0 Å². The van der Waals surface area contributed by atoms with Gasteiger partial charge in [0.05, 0.1) is 16.5 Å². The smallest absolute Gasteiger partial charge is 0.228 e. The summed E-state index contributed by atoms with van der Waals surface area (Å²) in [5.41, 5.74) is 0.919. The van der Waals surface area contributed by atoms with E-state index in [1.165, 1.54) is 11.3 Å². The summed E-state index contributed by atoms with van der Waals surface area (Å²) in [6.07, 6.45) is 7.83. The Morgan fingerprint density at radius 3 is 3.00 bits per heavy atom. The summed E-state index contributed by atoms with van der Waals surface area (Å²) in [6.45, 7) is 2.12. The number of hydrogen-bond donors (Lipinski definition) is 1. The first kappa shape index (κ1) is 14.7. The van der Waals surface area contributed by atoms with Gasteiger partial charge in [0, 0.05) is 24.9 Å². The molecule has 6 heteroatoms. The highest BCUT2D eigenvalue weighted by atomic mass is 32.1. The van der Waals surface area contributed by atoms with E-state index in [4.69, 9.17) is 0 Å². The summed E-state index contributed by atoms with van der Waals surface area (Å²) in [4.78, 5) is 20.8. The van der Waals surface area contributed by atoms with Crippen LogP contribution in [-0.4, -0.2) is 20.4 Å². The summed E-state index contributed by atoms with van der Waals surface area (Å²) >= 11 is 1.50. The lowest BCUT2D eigenvalue weighted by atomic mass is 10.1. The fourth-order valence-corrected chi connectivity index (χ4v) is 3.37. The molecule has 2 aromatic heterocycles. The number of thiazole rings is 1. The Balaban J connectivity index is 1.68. The maximum Gasteiger partial charge on any atom is 0.228 e. The Labute approximate surface area is 133 Å². The lowest BCUT2D eigenvalue weighted by Crippen LogP contribution is -2.18. The Morgan fingerprint density at radius 2 is 2.27 bits per heavy atom. The first-order chi connectivity index (χ1) is 10.8. The minimum Gasteiger partial charge on any atom is -0.334 e. The van der Waals surface area contributed by atoms with Crippen LogP contribution in [-0.2, 0) is 4.79 Å². The Kier molecular flexibility index (Phi) is 4.48. The number of carbonyl (C=O) groups excluding carboxylic acids is 1. The molecular weight excluding hydrogens is 296 g/mol. The predicted molar refractivity (Wildman–Crippen MR) is 89.0 cm³/mol. The lowest BCUT2D eigenvalue weighted by Gasteiger charge is -2.16. The van der Waals surface area contributed by atoms with Crippen molar-refractivity contribution in [1.29, 1.82) is 0 Å². The summed E-state index contributed by atoms with van der Waals surface area (Å²) in [5.74, 6) is -0.00814. The number of amides is 1. The van der Waals surface area contributed by atoms with Gasteiger partial charge in [-0.25, -0.2) is 9.97 Å². The Morgan fingerprint density at radius 1 is 1.41 bits per heavy atom. The summed E-state index contributed by atoms with van der Waals surface area (Å²) < 4.78 is 3.08. The number of aromatic nitrogens is 3. The van der Waals surface area contributed by atoms with Crippen molar-refractivity contribution in [3.8, 4) is 0 Å². The molecule has 1 atom stereocenters. The third-order valence-electron chi connectivity index (χ3n) is 3.53. The van der Waals surface area contributed by atoms with Crippen molar-refractivity contribution in [2.75, 3.05) is 5.32 Å². The molecule has 3 aromatic rings. The van der Waals surface area contributed by atoms with E-state index in [0.29, 0.717) is 11.6 Å². The zero-order valence-corrected chi connectivity index (χ0v) is 13.2. The van der Waals surface area contributed by atoms with E-state index < -0.39 is 0 Å². The topological polar surface area (TPSA) is 59.8 Å². The van der Waals surface area contributed by atoms with E-state index >= 15 is 0 Å². The summed E-state index contributed by atoms with van der Waals surface area (Å²) in [7, 11) is 0. The van der Waals surface area contributed by atoms with Crippen molar-refractivity contribution in [1.82, 2.24) is 14.5 Å². The van der Waals surface area contributed by atoms with Gasteiger partial charge in [0.1, 0.15) is 0 Å². The van der Waals surface area contributed by atoms with Crippen LogP contribution in [0.1, 0.15) is 32.2 Å². The van der Waals surface area contributed by atoms with Gasteiger partial charge in [0.15, 0.2) is 5.13 Å². The fraction of sp³-hybridized carbons (Fsp3) is 0.312. The highest BCUT2D eigenvalue weighted by Crippen LogP contribution is 2.26. The van der Waals surface area contributed by atoms with Gasteiger partial charge in [-0.2, -0.15) is 0 Å². The molecule has 0 fully saturated rings. The third kappa shape index (κ3) is 3.33. The van der Waals surface area contributed by atoms with Gasteiger partial charge >= 0.3 is 0 Å². The second-order valence-corrected chi connectivity index (χ2v) is 6.22. The number of anilines is 1. The number of rotatable bonds is 6. The molecule has 0 bridgehead atoms. The molecule has 0 aliphatic rings. The van der Waals surface area contributed by atoms with Crippen LogP contribution in [0, 0.1) is 0 Å². The molecule has 0 spiro atoms. The average Bonchev–Trinajstić information content (AvgIpc) is 3.15. The average molecular weight is 314 g/mol. The van der Waals surface area contributed by atoms with Gasteiger partial charge in [-0.1, -0.05) is 36.8 Å². The van der Waals surface area contributed by atoms with E-state index in [1.807, 2.05) is 35.0 Å². The molecule has 0 aliphatic carbocycles. The predicted octanol–water partition coefficient (Wildman–Crippen LogP) is 3.86. The van der Waals surface area contributed by atoms with Gasteiger partial charge < -0.3 is 9.88 Å². The van der Waals surface area contributed by atoms with Crippen LogP contribution in [0.5, 0.6) is 0 Å². The van der Waals surface area contributed by atoms with E-state index in [-0.39, 0.29) is 11.9 Å². The van der Waals surface area contributed by atoms with Gasteiger partial charge in [-0.15, -0.1) is 0 Å². The maximum atomic E-state index is 12.3. The standard InChI is InChI=1S/C16H18N4OS/c1-2-5-12(20-9-8-17-11-20)10-15(21)19-16-18-13-6-3-4-7-14(13)22-16/h3-4,6-9,11-12H,2,5,10H2,1H3,(H,18,19,21)/t12-/m1/s1. The lowest BCUT2D eigenvalue weighted by molar-refractivity contribution is -0.117. The molecule has 0 saturated carbocycles. The van der Waals surface area contributed by atoms with Crippen LogP contribution in [0.25, 0.3) is 10.2 Å². The van der Waals surface area contributed by atoms with Crippen molar-refractivity contribution in [3.63, 3.8) is 0 Å².